The number of methoxy groups -OCH3 is 1. The van der Waals surface area contributed by atoms with E-state index >= 15 is 0 Å². The van der Waals surface area contributed by atoms with Gasteiger partial charge in [-0.3, -0.25) is 15.0 Å². The number of ether oxygens (including phenoxy) is 1. The number of nitrogens with zero attached hydrogens (tertiary/aromatic N) is 1. The smallest absolute Gasteiger partial charge is 0.282 e. The van der Waals surface area contributed by atoms with Gasteiger partial charge in [0.1, 0.15) is 11.4 Å². The zero-order valence-electron chi connectivity index (χ0n) is 12.9. The summed E-state index contributed by atoms with van der Waals surface area (Å²) in [6.45, 7) is 0. The van der Waals surface area contributed by atoms with Crippen molar-refractivity contribution >= 4 is 46.2 Å². The fourth-order valence-electron chi connectivity index (χ4n) is 2.33. The summed E-state index contributed by atoms with van der Waals surface area (Å²) in [5, 5.41) is 10.9. The van der Waals surface area contributed by atoms with Gasteiger partial charge in [0.15, 0.2) is 11.5 Å². The molecule has 1 saturated heterocycles. The van der Waals surface area contributed by atoms with Gasteiger partial charge >= 0.3 is 0 Å². The van der Waals surface area contributed by atoms with Gasteiger partial charge in [0.25, 0.3) is 11.8 Å². The van der Waals surface area contributed by atoms with Crippen molar-refractivity contribution < 1.29 is 23.8 Å². The summed E-state index contributed by atoms with van der Waals surface area (Å²) in [7, 11) is 1.41. The van der Waals surface area contributed by atoms with Crippen LogP contribution in [-0.4, -0.2) is 24.0 Å². The number of hydrogen-bond acceptors (Lipinski definition) is 4. The Bertz CT molecular complexity index is 896. The molecule has 0 spiro atoms. The fourth-order valence-corrected chi connectivity index (χ4v) is 2.95. The Balaban J connectivity index is 1.96. The number of anilines is 1. The number of nitrogens with one attached hydrogen (secondary N) is 1. The second-order valence-electron chi connectivity index (χ2n) is 5.17. The minimum atomic E-state index is -0.573. The highest BCUT2D eigenvalue weighted by atomic mass is 127. The maximum Gasteiger partial charge on any atom is 0.282 e. The lowest BCUT2D eigenvalue weighted by Crippen LogP contribution is -2.35. The average Bonchev–Trinajstić information content (AvgIpc) is 2.86. The van der Waals surface area contributed by atoms with Crippen LogP contribution < -0.4 is 15.2 Å². The van der Waals surface area contributed by atoms with E-state index in [0.717, 1.165) is 5.01 Å². The topological polar surface area (TPSA) is 78.9 Å². The second-order valence-corrected chi connectivity index (χ2v) is 6.33. The van der Waals surface area contributed by atoms with Crippen LogP contribution in [0.2, 0.25) is 0 Å². The van der Waals surface area contributed by atoms with Crippen LogP contribution in [-0.2, 0) is 9.59 Å². The zero-order chi connectivity index (χ0) is 18.1. The van der Waals surface area contributed by atoms with Crippen molar-refractivity contribution in [2.75, 3.05) is 12.1 Å². The molecule has 1 heterocycles. The Labute approximate surface area is 156 Å². The van der Waals surface area contributed by atoms with Crippen LogP contribution >= 0.6 is 22.6 Å². The third kappa shape index (κ3) is 3.29. The molecule has 1 aliphatic heterocycles. The van der Waals surface area contributed by atoms with Gasteiger partial charge in [-0.05, 0) is 70.6 Å². The van der Waals surface area contributed by atoms with E-state index in [1.54, 1.807) is 6.07 Å². The lowest BCUT2D eigenvalue weighted by Gasteiger charge is -2.14. The number of benzene rings is 2. The van der Waals surface area contributed by atoms with Gasteiger partial charge in [-0.2, -0.15) is 0 Å². The third-order valence-corrected chi connectivity index (χ3v) is 4.38. The highest BCUT2D eigenvalue weighted by molar-refractivity contribution is 14.1. The standard InChI is InChI=1S/C17H12FIN2O4/c1-25-14-8-9(7-13(19)15(14)22)6-12-16(23)20-21(17(12)24)11-4-2-10(18)3-5-11/h2-8,22H,1H3,(H,20,23). The second kappa shape index (κ2) is 6.71. The first-order valence-electron chi connectivity index (χ1n) is 7.10. The summed E-state index contributed by atoms with van der Waals surface area (Å²) >= 11 is 1.92. The third-order valence-electron chi connectivity index (χ3n) is 3.56. The summed E-state index contributed by atoms with van der Waals surface area (Å²) in [5.41, 5.74) is 3.23. The Morgan fingerprint density at radius 3 is 2.56 bits per heavy atom. The summed E-state index contributed by atoms with van der Waals surface area (Å²) in [5.74, 6) is -1.35. The fraction of sp³-hybridized carbons (Fsp3) is 0.0588. The van der Waals surface area contributed by atoms with E-state index in [1.807, 2.05) is 22.6 Å². The number of amides is 2. The monoisotopic (exact) mass is 454 g/mol. The van der Waals surface area contributed by atoms with Crippen molar-refractivity contribution in [1.29, 1.82) is 0 Å². The maximum atomic E-state index is 13.0. The Morgan fingerprint density at radius 1 is 1.24 bits per heavy atom. The molecule has 6 nitrogen and oxygen atoms in total. The quantitative estimate of drug-likeness (QED) is 0.425. The molecule has 0 saturated carbocycles. The number of hydrogen-bond donors (Lipinski definition) is 2. The van der Waals surface area contributed by atoms with Crippen molar-refractivity contribution in [2.45, 2.75) is 0 Å². The molecule has 25 heavy (non-hydrogen) atoms. The van der Waals surface area contributed by atoms with Gasteiger partial charge in [-0.25, -0.2) is 9.40 Å². The molecule has 0 aromatic heterocycles. The molecule has 0 unspecified atom stereocenters. The van der Waals surface area contributed by atoms with E-state index in [-0.39, 0.29) is 17.1 Å². The molecule has 8 heteroatoms. The van der Waals surface area contributed by atoms with Gasteiger partial charge < -0.3 is 9.84 Å². The van der Waals surface area contributed by atoms with Gasteiger partial charge in [-0.15, -0.1) is 0 Å². The first-order valence-corrected chi connectivity index (χ1v) is 8.18. The lowest BCUT2D eigenvalue weighted by molar-refractivity contribution is -0.117. The first-order chi connectivity index (χ1) is 11.9. The van der Waals surface area contributed by atoms with Crippen molar-refractivity contribution in [3.05, 3.63) is 56.9 Å². The molecule has 1 fully saturated rings. The van der Waals surface area contributed by atoms with Crippen LogP contribution in [0.3, 0.4) is 0 Å². The van der Waals surface area contributed by atoms with Gasteiger partial charge in [-0.1, -0.05) is 0 Å². The van der Waals surface area contributed by atoms with Crippen LogP contribution in [0.15, 0.2) is 42.0 Å². The van der Waals surface area contributed by atoms with Crippen molar-refractivity contribution in [3.8, 4) is 11.5 Å². The number of carbonyl (C=O) groups is 2. The Morgan fingerprint density at radius 2 is 1.92 bits per heavy atom. The number of carbonyl (C=O) groups excluding carboxylic acids is 2. The molecule has 2 N–H and O–H groups in total. The van der Waals surface area contributed by atoms with Gasteiger partial charge in [0.05, 0.1) is 16.4 Å². The molecule has 0 atom stereocenters. The molecule has 2 aromatic rings. The summed E-state index contributed by atoms with van der Waals surface area (Å²) < 4.78 is 18.6. The molecule has 3 rings (SSSR count). The number of phenolic OH excluding ortho intramolecular Hbond substituents is 1. The molecular formula is C17H12FIN2O4. The summed E-state index contributed by atoms with van der Waals surface area (Å²) in [6.07, 6.45) is 1.41. The lowest BCUT2D eigenvalue weighted by atomic mass is 10.1. The number of halogens is 2. The predicted molar refractivity (Wildman–Crippen MR) is 97.4 cm³/mol. The van der Waals surface area contributed by atoms with Crippen LogP contribution in [0.5, 0.6) is 11.5 Å². The molecule has 2 aromatic carbocycles. The molecule has 0 radical (unpaired) electrons. The van der Waals surface area contributed by atoms with Crippen LogP contribution in [0.1, 0.15) is 5.56 Å². The normalized spacial score (nSPS) is 15.6. The Hall–Kier alpha value is -2.62. The van der Waals surface area contributed by atoms with E-state index < -0.39 is 17.6 Å². The number of hydrazine groups is 1. The van der Waals surface area contributed by atoms with Crippen molar-refractivity contribution in [3.63, 3.8) is 0 Å². The summed E-state index contributed by atoms with van der Waals surface area (Å²) in [6, 6.07) is 8.32. The van der Waals surface area contributed by atoms with E-state index in [0.29, 0.717) is 14.8 Å². The average molecular weight is 454 g/mol. The highest BCUT2D eigenvalue weighted by Crippen LogP contribution is 2.33. The Kier molecular flexibility index (Phi) is 4.62. The SMILES string of the molecule is COc1cc(C=C2C(=O)NN(c3ccc(F)cc3)C2=O)cc(I)c1O. The number of aromatic hydroxyl groups is 1. The van der Waals surface area contributed by atoms with Crippen LogP contribution in [0.25, 0.3) is 6.08 Å². The maximum absolute atomic E-state index is 13.0. The minimum Gasteiger partial charge on any atom is -0.504 e. The minimum absolute atomic E-state index is 0.0135. The molecule has 2 amide bonds. The predicted octanol–water partition coefficient (Wildman–Crippen LogP) is 2.61. The van der Waals surface area contributed by atoms with E-state index in [4.69, 9.17) is 4.74 Å². The molecule has 128 valence electrons. The van der Waals surface area contributed by atoms with Crippen LogP contribution in [0, 0.1) is 9.39 Å². The molecule has 1 aliphatic rings. The number of rotatable bonds is 3. The van der Waals surface area contributed by atoms with E-state index in [2.05, 4.69) is 5.43 Å². The van der Waals surface area contributed by atoms with Gasteiger partial charge in [0, 0.05) is 0 Å². The molecular weight excluding hydrogens is 442 g/mol. The molecule has 0 aliphatic carbocycles. The molecule has 0 bridgehead atoms. The highest BCUT2D eigenvalue weighted by Gasteiger charge is 2.34. The summed E-state index contributed by atoms with van der Waals surface area (Å²) in [4.78, 5) is 24.7. The van der Waals surface area contributed by atoms with Crippen molar-refractivity contribution in [1.82, 2.24) is 5.43 Å². The zero-order valence-corrected chi connectivity index (χ0v) is 15.1. The van der Waals surface area contributed by atoms with E-state index in [1.165, 1.54) is 43.5 Å². The largest absolute Gasteiger partial charge is 0.504 e. The van der Waals surface area contributed by atoms with Gasteiger partial charge in [0.2, 0.25) is 0 Å². The number of phenols is 1. The van der Waals surface area contributed by atoms with E-state index in [9.17, 15) is 19.1 Å². The van der Waals surface area contributed by atoms with Crippen LogP contribution in [0.4, 0.5) is 10.1 Å². The van der Waals surface area contributed by atoms with Crippen molar-refractivity contribution in [2.24, 2.45) is 0 Å². The first kappa shape index (κ1) is 17.2.